The Kier molecular flexibility index (Phi) is 6.82. The Morgan fingerprint density at radius 3 is 2.65 bits per heavy atom. The van der Waals surface area contributed by atoms with Crippen LogP contribution in [0.15, 0.2) is 34.9 Å². The predicted molar refractivity (Wildman–Crippen MR) is 109 cm³/mol. The van der Waals surface area contributed by atoms with Gasteiger partial charge in [0.25, 0.3) is 0 Å². The molecule has 0 spiro atoms. The summed E-state index contributed by atoms with van der Waals surface area (Å²) in [5, 5.41) is 6.59. The van der Waals surface area contributed by atoms with Gasteiger partial charge in [-0.15, -0.1) is 0 Å². The van der Waals surface area contributed by atoms with Gasteiger partial charge in [-0.25, -0.2) is 4.98 Å². The molecular weight excluding hydrogens is 394 g/mol. The Morgan fingerprint density at radius 2 is 1.96 bits per heavy atom. The van der Waals surface area contributed by atoms with Crippen LogP contribution in [0.2, 0.25) is 0 Å². The second-order valence-corrected chi connectivity index (χ2v) is 7.55. The van der Waals surface area contributed by atoms with Gasteiger partial charge in [0.15, 0.2) is 0 Å². The Hall–Kier alpha value is -1.70. The molecule has 1 saturated heterocycles. The Balaban J connectivity index is 1.62. The van der Waals surface area contributed by atoms with Crippen LogP contribution >= 0.6 is 15.9 Å². The van der Waals surface area contributed by atoms with Crippen molar-refractivity contribution in [2.75, 3.05) is 37.4 Å². The molecule has 1 aliphatic heterocycles. The summed E-state index contributed by atoms with van der Waals surface area (Å²) >= 11 is 3.49. The lowest BCUT2D eigenvalue weighted by atomic mass is 10.2. The van der Waals surface area contributed by atoms with Gasteiger partial charge in [0.05, 0.1) is 11.1 Å². The number of methoxy groups -OCH3 is 1. The number of benzene rings is 1. The van der Waals surface area contributed by atoms with E-state index >= 15 is 0 Å². The van der Waals surface area contributed by atoms with Crippen molar-refractivity contribution in [3.05, 3.63) is 40.5 Å². The zero-order valence-electron chi connectivity index (χ0n) is 15.3. The average molecular weight is 420 g/mol. The maximum Gasteiger partial charge on any atom is 0.229 e. The van der Waals surface area contributed by atoms with E-state index in [9.17, 15) is 0 Å². The third kappa shape index (κ3) is 5.40. The number of ether oxygens (including phenoxy) is 1. The summed E-state index contributed by atoms with van der Waals surface area (Å²) in [5.41, 5.74) is 2.32. The lowest BCUT2D eigenvalue weighted by Gasteiger charge is -2.16. The van der Waals surface area contributed by atoms with E-state index < -0.39 is 0 Å². The van der Waals surface area contributed by atoms with E-state index in [1.54, 1.807) is 13.3 Å². The summed E-state index contributed by atoms with van der Waals surface area (Å²) in [4.78, 5) is 11.4. The number of nitrogens with one attached hydrogen (secondary N) is 2. The molecule has 2 heterocycles. The molecule has 3 rings (SSSR count). The van der Waals surface area contributed by atoms with Gasteiger partial charge in [-0.3, -0.25) is 4.90 Å². The fraction of sp³-hybridized carbons (Fsp3) is 0.474. The third-order valence-electron chi connectivity index (χ3n) is 4.36. The molecule has 2 aromatic rings. The molecule has 1 unspecified atom stereocenters. The van der Waals surface area contributed by atoms with Crippen LogP contribution in [-0.2, 0) is 11.3 Å². The fourth-order valence-electron chi connectivity index (χ4n) is 3.08. The van der Waals surface area contributed by atoms with Gasteiger partial charge in [0, 0.05) is 31.6 Å². The normalized spacial score (nSPS) is 15.8. The van der Waals surface area contributed by atoms with Gasteiger partial charge in [-0.05, 0) is 66.5 Å². The van der Waals surface area contributed by atoms with Crippen LogP contribution in [0.25, 0.3) is 0 Å². The van der Waals surface area contributed by atoms with Crippen molar-refractivity contribution >= 4 is 33.4 Å². The summed E-state index contributed by atoms with van der Waals surface area (Å²) in [6, 6.07) is 8.65. The summed E-state index contributed by atoms with van der Waals surface area (Å²) in [6.45, 7) is 6.11. The molecule has 0 saturated carbocycles. The minimum Gasteiger partial charge on any atom is -0.383 e. The van der Waals surface area contributed by atoms with Crippen LogP contribution in [0.3, 0.4) is 0 Å². The van der Waals surface area contributed by atoms with Crippen molar-refractivity contribution in [1.29, 1.82) is 0 Å². The maximum atomic E-state index is 5.16. The molecule has 0 bridgehead atoms. The molecule has 1 fully saturated rings. The molecule has 0 aliphatic carbocycles. The quantitative estimate of drug-likeness (QED) is 0.673. The molecule has 0 radical (unpaired) electrons. The molecule has 140 valence electrons. The van der Waals surface area contributed by atoms with Gasteiger partial charge < -0.3 is 15.4 Å². The van der Waals surface area contributed by atoms with E-state index in [2.05, 4.69) is 65.7 Å². The van der Waals surface area contributed by atoms with Crippen LogP contribution in [0.4, 0.5) is 17.5 Å². The fourth-order valence-corrected chi connectivity index (χ4v) is 3.38. The summed E-state index contributed by atoms with van der Waals surface area (Å²) in [7, 11) is 1.69. The molecule has 2 N–H and O–H groups in total. The minimum atomic E-state index is 0.156. The number of halogens is 1. The molecular formula is C19H26BrN5O. The average Bonchev–Trinajstić information content (AvgIpc) is 3.13. The highest BCUT2D eigenvalue weighted by Gasteiger charge is 2.12. The molecule has 1 aliphatic rings. The zero-order valence-corrected chi connectivity index (χ0v) is 16.9. The Bertz CT molecular complexity index is 704. The molecule has 26 heavy (non-hydrogen) atoms. The monoisotopic (exact) mass is 419 g/mol. The Labute approximate surface area is 163 Å². The molecule has 1 atom stereocenters. The van der Waals surface area contributed by atoms with Crippen LogP contribution in [-0.4, -0.2) is 47.7 Å². The third-order valence-corrected chi connectivity index (χ3v) is 4.94. The second kappa shape index (κ2) is 9.30. The Morgan fingerprint density at radius 1 is 1.23 bits per heavy atom. The van der Waals surface area contributed by atoms with Gasteiger partial charge in [-0.1, -0.05) is 12.1 Å². The van der Waals surface area contributed by atoms with Gasteiger partial charge >= 0.3 is 0 Å². The van der Waals surface area contributed by atoms with E-state index in [-0.39, 0.29) is 6.04 Å². The van der Waals surface area contributed by atoms with E-state index in [0.29, 0.717) is 12.6 Å². The summed E-state index contributed by atoms with van der Waals surface area (Å²) in [6.07, 6.45) is 4.39. The minimum absolute atomic E-state index is 0.156. The largest absolute Gasteiger partial charge is 0.383 e. The van der Waals surface area contributed by atoms with Crippen molar-refractivity contribution in [3.63, 3.8) is 0 Å². The summed E-state index contributed by atoms with van der Waals surface area (Å²) in [5.74, 6) is 1.31. The first-order valence-corrected chi connectivity index (χ1v) is 9.79. The van der Waals surface area contributed by atoms with E-state index in [0.717, 1.165) is 22.5 Å². The lowest BCUT2D eigenvalue weighted by Crippen LogP contribution is -2.22. The van der Waals surface area contributed by atoms with Gasteiger partial charge in [0.1, 0.15) is 5.82 Å². The van der Waals surface area contributed by atoms with Crippen LogP contribution in [0.1, 0.15) is 25.3 Å². The van der Waals surface area contributed by atoms with Gasteiger partial charge in [0.2, 0.25) is 5.95 Å². The molecule has 1 aromatic carbocycles. The number of hydrogen-bond donors (Lipinski definition) is 2. The van der Waals surface area contributed by atoms with Crippen molar-refractivity contribution in [2.24, 2.45) is 0 Å². The maximum absolute atomic E-state index is 5.16. The first kappa shape index (κ1) is 19.1. The highest BCUT2D eigenvalue weighted by molar-refractivity contribution is 9.10. The smallest absolute Gasteiger partial charge is 0.229 e. The standard InChI is InChI=1S/C19H26BrN5O/c1-14(13-26-2)22-18-17(20)11-21-19(24-18)23-16-7-5-15(6-8-16)12-25-9-3-4-10-25/h5-8,11,14H,3-4,9-10,12-13H2,1-2H3,(H2,21,22,23,24). The van der Waals surface area contributed by atoms with Crippen molar-refractivity contribution in [3.8, 4) is 0 Å². The van der Waals surface area contributed by atoms with Gasteiger partial charge in [-0.2, -0.15) is 4.98 Å². The number of hydrogen-bond acceptors (Lipinski definition) is 6. The molecule has 0 amide bonds. The van der Waals surface area contributed by atoms with E-state index in [1.165, 1.54) is 31.5 Å². The van der Waals surface area contributed by atoms with Crippen molar-refractivity contribution in [2.45, 2.75) is 32.4 Å². The van der Waals surface area contributed by atoms with Crippen LogP contribution < -0.4 is 10.6 Å². The highest BCUT2D eigenvalue weighted by Crippen LogP contribution is 2.23. The van der Waals surface area contributed by atoms with Crippen molar-refractivity contribution < 1.29 is 4.74 Å². The zero-order chi connectivity index (χ0) is 18.4. The molecule has 7 heteroatoms. The topological polar surface area (TPSA) is 62.3 Å². The number of likely N-dealkylation sites (tertiary alicyclic amines) is 1. The number of nitrogens with zero attached hydrogens (tertiary/aromatic N) is 3. The predicted octanol–water partition coefficient (Wildman–Crippen LogP) is 4.03. The summed E-state index contributed by atoms with van der Waals surface area (Å²) < 4.78 is 5.99. The second-order valence-electron chi connectivity index (χ2n) is 6.70. The first-order chi connectivity index (χ1) is 12.6. The SMILES string of the molecule is COCC(C)Nc1nc(Nc2ccc(CN3CCCC3)cc2)ncc1Br. The van der Waals surface area contributed by atoms with E-state index in [4.69, 9.17) is 4.74 Å². The van der Waals surface area contributed by atoms with E-state index in [1.807, 2.05) is 6.92 Å². The number of rotatable bonds is 8. The van der Waals surface area contributed by atoms with Crippen molar-refractivity contribution in [1.82, 2.24) is 14.9 Å². The number of aromatic nitrogens is 2. The first-order valence-electron chi connectivity index (χ1n) is 9.00. The number of anilines is 3. The molecule has 1 aromatic heterocycles. The van der Waals surface area contributed by atoms with Crippen LogP contribution in [0, 0.1) is 0 Å². The van der Waals surface area contributed by atoms with Crippen LogP contribution in [0.5, 0.6) is 0 Å². The highest BCUT2D eigenvalue weighted by atomic mass is 79.9. The lowest BCUT2D eigenvalue weighted by molar-refractivity contribution is 0.190. The molecule has 6 nitrogen and oxygen atoms in total.